The third-order valence-electron chi connectivity index (χ3n) is 5.67. The molecule has 1 N–H and O–H groups in total. The van der Waals surface area contributed by atoms with Gasteiger partial charge in [-0.3, -0.25) is 4.90 Å². The van der Waals surface area contributed by atoms with Crippen LogP contribution in [0.1, 0.15) is 29.5 Å². The first-order chi connectivity index (χ1) is 14.1. The predicted octanol–water partition coefficient (Wildman–Crippen LogP) is 4.86. The summed E-state index contributed by atoms with van der Waals surface area (Å²) in [6, 6.07) is 16.6. The van der Waals surface area contributed by atoms with Gasteiger partial charge in [0.05, 0.1) is 7.11 Å². The van der Waals surface area contributed by atoms with E-state index in [4.69, 9.17) is 0 Å². The molecule has 4 rings (SSSR count). The van der Waals surface area contributed by atoms with Crippen molar-refractivity contribution in [1.82, 2.24) is 9.88 Å². The van der Waals surface area contributed by atoms with Crippen LogP contribution < -0.4 is 0 Å². The summed E-state index contributed by atoms with van der Waals surface area (Å²) in [5.74, 6) is -1.84. The molecule has 1 fully saturated rings. The van der Waals surface area contributed by atoms with E-state index < -0.39 is 11.8 Å². The van der Waals surface area contributed by atoms with Crippen LogP contribution in [0.15, 0.2) is 60.6 Å². The van der Waals surface area contributed by atoms with Gasteiger partial charge >= 0.3 is 5.97 Å². The molecule has 4 nitrogen and oxygen atoms in total. The number of nitrogens with zero attached hydrogens (tertiary/aromatic N) is 1. The van der Waals surface area contributed by atoms with Crippen molar-refractivity contribution < 1.29 is 13.9 Å². The molecule has 150 valence electrons. The molecule has 29 heavy (non-hydrogen) atoms. The maximum absolute atomic E-state index is 13.6. The molecule has 1 saturated heterocycles. The summed E-state index contributed by atoms with van der Waals surface area (Å²) in [7, 11) is 1.17. The van der Waals surface area contributed by atoms with E-state index in [-0.39, 0.29) is 0 Å². The van der Waals surface area contributed by atoms with Crippen LogP contribution in [-0.2, 0) is 22.5 Å². The molecular weight excluding hydrogens is 367 g/mol. The van der Waals surface area contributed by atoms with Gasteiger partial charge in [0.25, 0.3) is 0 Å². The van der Waals surface area contributed by atoms with Gasteiger partial charge in [0.2, 0.25) is 5.83 Å². The molecule has 0 aliphatic carbocycles. The Labute approximate surface area is 170 Å². The van der Waals surface area contributed by atoms with Gasteiger partial charge in [-0.1, -0.05) is 42.5 Å². The molecule has 0 bridgehead atoms. The minimum absolute atomic E-state index is 0.519. The highest BCUT2D eigenvalue weighted by Crippen LogP contribution is 2.27. The van der Waals surface area contributed by atoms with Crippen molar-refractivity contribution in [1.29, 1.82) is 0 Å². The van der Waals surface area contributed by atoms with Gasteiger partial charge in [0.1, 0.15) is 0 Å². The van der Waals surface area contributed by atoms with Crippen molar-refractivity contribution in [2.24, 2.45) is 0 Å². The Kier molecular flexibility index (Phi) is 5.76. The average Bonchev–Trinajstić information content (AvgIpc) is 3.36. The Morgan fingerprint density at radius 2 is 2.03 bits per heavy atom. The number of aromatic nitrogens is 1. The van der Waals surface area contributed by atoms with Crippen molar-refractivity contribution in [2.75, 3.05) is 13.7 Å². The second-order valence-corrected chi connectivity index (χ2v) is 7.56. The SMILES string of the molecule is COC(=O)C(F)=Cc1ccc(CN2CCCC2Cc2c[nH]c3ccccc23)cc1. The summed E-state index contributed by atoms with van der Waals surface area (Å²) in [6.07, 6.45) is 6.78. The normalized spacial score (nSPS) is 17.7. The van der Waals surface area contributed by atoms with E-state index in [2.05, 4.69) is 45.1 Å². The number of para-hydroxylation sites is 1. The summed E-state index contributed by atoms with van der Waals surface area (Å²) in [4.78, 5) is 17.1. The number of methoxy groups -OCH3 is 1. The topological polar surface area (TPSA) is 45.3 Å². The number of aromatic amines is 1. The number of esters is 1. The number of fused-ring (bicyclic) bond motifs is 1. The van der Waals surface area contributed by atoms with E-state index in [1.165, 1.54) is 48.1 Å². The number of likely N-dealkylation sites (tertiary alicyclic amines) is 1. The third kappa shape index (κ3) is 4.40. The van der Waals surface area contributed by atoms with E-state index in [0.29, 0.717) is 11.6 Å². The second kappa shape index (κ2) is 8.62. The summed E-state index contributed by atoms with van der Waals surface area (Å²) in [5.41, 5.74) is 4.39. The number of carbonyl (C=O) groups is 1. The van der Waals surface area contributed by atoms with Gasteiger partial charge in [-0.05, 0) is 54.6 Å². The van der Waals surface area contributed by atoms with Crippen molar-refractivity contribution in [3.05, 3.63) is 77.2 Å². The highest BCUT2D eigenvalue weighted by atomic mass is 19.1. The van der Waals surface area contributed by atoms with E-state index in [1.807, 2.05) is 24.3 Å². The van der Waals surface area contributed by atoms with Gasteiger partial charge in [0, 0.05) is 29.7 Å². The van der Waals surface area contributed by atoms with E-state index >= 15 is 0 Å². The molecule has 1 aliphatic rings. The molecule has 1 aromatic heterocycles. The molecule has 0 saturated carbocycles. The highest BCUT2D eigenvalue weighted by molar-refractivity contribution is 5.91. The number of halogens is 1. The van der Waals surface area contributed by atoms with Gasteiger partial charge in [-0.2, -0.15) is 4.39 Å². The minimum Gasteiger partial charge on any atom is -0.464 e. The van der Waals surface area contributed by atoms with Crippen molar-refractivity contribution in [2.45, 2.75) is 31.8 Å². The van der Waals surface area contributed by atoms with Crippen molar-refractivity contribution in [3.8, 4) is 0 Å². The maximum Gasteiger partial charge on any atom is 0.366 e. The molecule has 1 unspecified atom stereocenters. The fourth-order valence-corrected chi connectivity index (χ4v) is 4.15. The van der Waals surface area contributed by atoms with Crippen LogP contribution in [0.4, 0.5) is 4.39 Å². The number of hydrogen-bond donors (Lipinski definition) is 1. The number of hydrogen-bond acceptors (Lipinski definition) is 3. The number of ether oxygens (including phenoxy) is 1. The molecular formula is C24H25FN2O2. The molecule has 1 aliphatic heterocycles. The van der Waals surface area contributed by atoms with E-state index in [1.54, 1.807) is 0 Å². The molecule has 3 aromatic rings. The smallest absolute Gasteiger partial charge is 0.366 e. The number of rotatable bonds is 6. The molecule has 1 atom stereocenters. The Bertz CT molecular complexity index is 1020. The Morgan fingerprint density at radius 3 is 2.83 bits per heavy atom. The summed E-state index contributed by atoms with van der Waals surface area (Å²) >= 11 is 0. The van der Waals surface area contributed by atoms with E-state index in [0.717, 1.165) is 19.5 Å². The zero-order valence-electron chi connectivity index (χ0n) is 16.5. The van der Waals surface area contributed by atoms with Crippen LogP contribution in [0.2, 0.25) is 0 Å². The minimum atomic E-state index is -0.953. The van der Waals surface area contributed by atoms with Gasteiger partial charge < -0.3 is 9.72 Å². The van der Waals surface area contributed by atoms with Crippen LogP contribution in [0, 0.1) is 0 Å². The average molecular weight is 392 g/mol. The lowest BCUT2D eigenvalue weighted by atomic mass is 10.0. The molecule has 0 spiro atoms. The summed E-state index contributed by atoms with van der Waals surface area (Å²) < 4.78 is 18.0. The Hall–Kier alpha value is -2.92. The molecule has 5 heteroatoms. The van der Waals surface area contributed by atoms with Crippen LogP contribution in [-0.4, -0.2) is 35.5 Å². The van der Waals surface area contributed by atoms with Crippen molar-refractivity contribution >= 4 is 22.9 Å². The largest absolute Gasteiger partial charge is 0.464 e. The lowest BCUT2D eigenvalue weighted by Crippen LogP contribution is -2.30. The third-order valence-corrected chi connectivity index (χ3v) is 5.67. The second-order valence-electron chi connectivity index (χ2n) is 7.56. The lowest BCUT2D eigenvalue weighted by molar-refractivity contribution is -0.137. The first-order valence-electron chi connectivity index (χ1n) is 9.97. The number of nitrogens with one attached hydrogen (secondary N) is 1. The Balaban J connectivity index is 1.43. The van der Waals surface area contributed by atoms with Gasteiger partial charge in [-0.15, -0.1) is 0 Å². The molecule has 2 heterocycles. The summed E-state index contributed by atoms with van der Waals surface area (Å²) in [6.45, 7) is 1.96. The Morgan fingerprint density at radius 1 is 1.24 bits per heavy atom. The standard InChI is InChI=1S/C24H25FN2O2/c1-29-24(28)22(25)13-17-8-10-18(11-9-17)16-27-12-4-5-20(27)14-19-15-26-23-7-3-2-6-21(19)23/h2-3,6-11,13,15,20,26H,4-5,12,14,16H2,1H3. The number of carbonyl (C=O) groups excluding carboxylic acids is 1. The maximum atomic E-state index is 13.6. The predicted molar refractivity (Wildman–Crippen MR) is 113 cm³/mol. The fourth-order valence-electron chi connectivity index (χ4n) is 4.15. The van der Waals surface area contributed by atoms with Gasteiger partial charge in [0.15, 0.2) is 0 Å². The van der Waals surface area contributed by atoms with Crippen LogP contribution >= 0.6 is 0 Å². The van der Waals surface area contributed by atoms with Crippen molar-refractivity contribution in [3.63, 3.8) is 0 Å². The number of benzene rings is 2. The first-order valence-corrected chi connectivity index (χ1v) is 9.97. The zero-order valence-corrected chi connectivity index (χ0v) is 16.5. The molecule has 0 radical (unpaired) electrons. The monoisotopic (exact) mass is 392 g/mol. The number of H-pyrrole nitrogens is 1. The molecule has 0 amide bonds. The quantitative estimate of drug-likeness (QED) is 0.481. The summed E-state index contributed by atoms with van der Waals surface area (Å²) in [5, 5.41) is 1.31. The van der Waals surface area contributed by atoms with Gasteiger partial charge in [-0.25, -0.2) is 4.79 Å². The lowest BCUT2D eigenvalue weighted by Gasteiger charge is -2.24. The van der Waals surface area contributed by atoms with Crippen LogP contribution in [0.5, 0.6) is 0 Å². The van der Waals surface area contributed by atoms with Crippen LogP contribution in [0.3, 0.4) is 0 Å². The van der Waals surface area contributed by atoms with E-state index in [9.17, 15) is 9.18 Å². The fraction of sp³-hybridized carbons (Fsp3) is 0.292. The molecule has 2 aromatic carbocycles. The first kappa shape index (κ1) is 19.4. The van der Waals surface area contributed by atoms with Crippen LogP contribution in [0.25, 0.3) is 17.0 Å². The zero-order chi connectivity index (χ0) is 20.2. The highest BCUT2D eigenvalue weighted by Gasteiger charge is 2.25.